The predicted octanol–water partition coefficient (Wildman–Crippen LogP) is 2.00. The largest absolute Gasteiger partial charge is 0.497 e. The smallest absolute Gasteiger partial charge is 0.118 e. The van der Waals surface area contributed by atoms with Crippen molar-refractivity contribution in [2.24, 2.45) is 0 Å². The van der Waals surface area contributed by atoms with E-state index in [0.717, 1.165) is 11.3 Å². The van der Waals surface area contributed by atoms with Crippen molar-refractivity contribution in [3.63, 3.8) is 0 Å². The van der Waals surface area contributed by atoms with E-state index in [0.29, 0.717) is 6.90 Å². The highest BCUT2D eigenvalue weighted by atomic mass is 16.5. The van der Waals surface area contributed by atoms with E-state index in [1.54, 1.807) is 7.11 Å². The highest BCUT2D eigenvalue weighted by Crippen LogP contribution is 2.09. The van der Waals surface area contributed by atoms with Crippen molar-refractivity contribution < 1.29 is 6.11 Å². The van der Waals surface area contributed by atoms with Crippen molar-refractivity contribution in [2.45, 2.75) is 6.90 Å². The first-order chi connectivity index (χ1) is 4.86. The molecule has 1 aromatic rings. The Labute approximate surface area is 56.7 Å². The molecule has 1 rings (SSSR count). The summed E-state index contributed by atoms with van der Waals surface area (Å²) in [5.41, 5.74) is 1.01. The van der Waals surface area contributed by atoms with Gasteiger partial charge in [-0.25, -0.2) is 0 Å². The van der Waals surface area contributed by atoms with Crippen molar-refractivity contribution in [3.8, 4) is 5.75 Å². The van der Waals surface area contributed by atoms with Crippen LogP contribution in [0.2, 0.25) is 0 Å². The lowest BCUT2D eigenvalue weighted by Crippen LogP contribution is -1.80. The number of rotatable bonds is 1. The molecule has 1 nitrogen and oxygen atoms in total. The molecule has 0 saturated carbocycles. The summed E-state index contributed by atoms with van der Waals surface area (Å²) >= 11 is 0. The molecule has 0 saturated heterocycles. The number of hydrogen-bond donors (Lipinski definition) is 0. The quantitative estimate of drug-likeness (QED) is 0.555. The fraction of sp³-hybridized carbons (Fsp3) is 0.250. The monoisotopic (exact) mass is 123 g/mol. The molecular formula is C8H10O. The number of benzene rings is 1. The molecule has 0 aliphatic rings. The minimum absolute atomic E-state index is 0.337. The molecule has 0 fully saturated rings. The van der Waals surface area contributed by atoms with Crippen molar-refractivity contribution in [1.82, 2.24) is 0 Å². The number of hydrogen-bond acceptors (Lipinski definition) is 1. The van der Waals surface area contributed by atoms with E-state index >= 15 is 0 Å². The molecular weight excluding hydrogens is 112 g/mol. The Morgan fingerprint density at radius 3 is 2.44 bits per heavy atom. The van der Waals surface area contributed by atoms with Gasteiger partial charge in [0.1, 0.15) is 5.75 Å². The van der Waals surface area contributed by atoms with Gasteiger partial charge in [-0.2, -0.15) is 0 Å². The van der Waals surface area contributed by atoms with E-state index in [9.17, 15) is 0 Å². The van der Waals surface area contributed by atoms with Gasteiger partial charge in [0.15, 0.2) is 0 Å². The van der Waals surface area contributed by atoms with Gasteiger partial charge in [-0.3, -0.25) is 0 Å². The minimum Gasteiger partial charge on any atom is -0.497 e. The molecule has 0 spiro atoms. The average Bonchev–Trinajstić information content (AvgIpc) is 2.05. The van der Waals surface area contributed by atoms with Crippen LogP contribution in [-0.2, 0) is 0 Å². The van der Waals surface area contributed by atoms with Crippen LogP contribution in [0.15, 0.2) is 24.3 Å². The fourth-order valence-electron chi connectivity index (χ4n) is 0.626. The maximum Gasteiger partial charge on any atom is 0.118 e. The van der Waals surface area contributed by atoms with Gasteiger partial charge in [0.05, 0.1) is 7.11 Å². The third kappa shape index (κ3) is 1.46. The van der Waals surface area contributed by atoms with Gasteiger partial charge < -0.3 is 4.74 Å². The Morgan fingerprint density at radius 2 is 2.00 bits per heavy atom. The van der Waals surface area contributed by atoms with Crippen LogP contribution >= 0.6 is 0 Å². The Hall–Kier alpha value is -0.980. The maximum absolute atomic E-state index is 7.03. The molecule has 0 aliphatic heterocycles. The zero-order chi connectivity index (χ0) is 7.40. The molecule has 48 valence electrons. The van der Waals surface area contributed by atoms with Crippen LogP contribution < -0.4 is 4.74 Å². The molecule has 0 amide bonds. The second-order valence-electron chi connectivity index (χ2n) is 1.85. The van der Waals surface area contributed by atoms with Gasteiger partial charge in [-0.1, -0.05) is 17.7 Å². The summed E-state index contributed by atoms with van der Waals surface area (Å²) in [6.07, 6.45) is 0. The van der Waals surface area contributed by atoms with Crippen LogP contribution in [-0.4, -0.2) is 7.11 Å². The number of ether oxygens (including phenoxy) is 1. The third-order valence-corrected chi connectivity index (χ3v) is 1.16. The molecule has 0 aromatic heterocycles. The molecule has 0 N–H and O–H groups in total. The lowest BCUT2D eigenvalue weighted by atomic mass is 10.2. The molecule has 0 radical (unpaired) electrons. The molecule has 1 heteroatoms. The van der Waals surface area contributed by atoms with Gasteiger partial charge >= 0.3 is 0 Å². The lowest BCUT2D eigenvalue weighted by molar-refractivity contribution is 0.414. The highest BCUT2D eigenvalue weighted by Gasteiger charge is 1.85. The summed E-state index contributed by atoms with van der Waals surface area (Å²) in [7, 11) is 1.63. The van der Waals surface area contributed by atoms with Crippen LogP contribution in [0.25, 0.3) is 0 Å². The van der Waals surface area contributed by atoms with E-state index in [1.807, 2.05) is 24.3 Å². The van der Waals surface area contributed by atoms with Gasteiger partial charge in [0, 0.05) is 1.37 Å². The normalized spacial score (nSPS) is 10.6. The molecule has 0 unspecified atom stereocenters. The van der Waals surface area contributed by atoms with Crippen molar-refractivity contribution >= 4 is 0 Å². The first-order valence-electron chi connectivity index (χ1n) is 3.49. The van der Waals surface area contributed by atoms with E-state index in [-0.39, 0.29) is 0 Å². The average molecular weight is 123 g/mol. The molecule has 0 bridgehead atoms. The molecule has 9 heavy (non-hydrogen) atoms. The first-order valence-corrected chi connectivity index (χ1v) is 2.79. The topological polar surface area (TPSA) is 9.23 Å². The van der Waals surface area contributed by atoms with Crippen molar-refractivity contribution in [2.75, 3.05) is 7.11 Å². The summed E-state index contributed by atoms with van der Waals surface area (Å²) in [5, 5.41) is 0. The Kier molecular flexibility index (Phi) is 1.37. The van der Waals surface area contributed by atoms with Crippen LogP contribution in [0.4, 0.5) is 0 Å². The second-order valence-corrected chi connectivity index (χ2v) is 1.85. The minimum atomic E-state index is 0.337. The summed E-state index contributed by atoms with van der Waals surface area (Å²) in [4.78, 5) is 0. The standard InChI is InChI=1S/C8H10O/c1-7-3-5-8(9-2)6-4-7/h3-6H,1-2H3/i1D. The van der Waals surface area contributed by atoms with Gasteiger partial charge in [0.2, 0.25) is 0 Å². The van der Waals surface area contributed by atoms with E-state index in [1.165, 1.54) is 0 Å². The van der Waals surface area contributed by atoms with E-state index in [4.69, 9.17) is 6.11 Å². The van der Waals surface area contributed by atoms with E-state index in [2.05, 4.69) is 0 Å². The van der Waals surface area contributed by atoms with Crippen LogP contribution in [0.1, 0.15) is 6.93 Å². The zero-order valence-corrected chi connectivity index (χ0v) is 5.42. The summed E-state index contributed by atoms with van der Waals surface area (Å²) < 4.78 is 12.0. The number of aryl methyl sites for hydroxylation is 1. The van der Waals surface area contributed by atoms with E-state index < -0.39 is 0 Å². The van der Waals surface area contributed by atoms with Gasteiger partial charge in [-0.15, -0.1) is 0 Å². The first kappa shape index (κ1) is 4.86. The van der Waals surface area contributed by atoms with Crippen molar-refractivity contribution in [3.05, 3.63) is 29.8 Å². The Bertz CT molecular complexity index is 170. The highest BCUT2D eigenvalue weighted by molar-refractivity contribution is 5.25. The predicted molar refractivity (Wildman–Crippen MR) is 37.7 cm³/mol. The zero-order valence-electron chi connectivity index (χ0n) is 6.42. The van der Waals surface area contributed by atoms with Crippen molar-refractivity contribution in [1.29, 1.82) is 0 Å². The van der Waals surface area contributed by atoms with Gasteiger partial charge in [0.25, 0.3) is 0 Å². The second kappa shape index (κ2) is 2.53. The number of methoxy groups -OCH3 is 1. The summed E-state index contributed by atoms with van der Waals surface area (Å²) in [6, 6.07) is 7.52. The molecule has 1 aromatic carbocycles. The maximum atomic E-state index is 7.03. The molecule has 0 atom stereocenters. The molecule has 0 aliphatic carbocycles. The summed E-state index contributed by atoms with van der Waals surface area (Å²) in [6.45, 7) is 0.337. The van der Waals surface area contributed by atoms with Crippen LogP contribution in [0, 0.1) is 6.90 Å². The fourth-order valence-corrected chi connectivity index (χ4v) is 0.626. The lowest BCUT2D eigenvalue weighted by Gasteiger charge is -1.97. The Morgan fingerprint density at radius 1 is 1.33 bits per heavy atom. The van der Waals surface area contributed by atoms with Crippen LogP contribution in [0.3, 0.4) is 0 Å². The Balaban J connectivity index is 2.80. The van der Waals surface area contributed by atoms with Crippen LogP contribution in [0.5, 0.6) is 5.75 Å². The molecule has 0 heterocycles. The third-order valence-electron chi connectivity index (χ3n) is 1.16. The summed E-state index contributed by atoms with van der Waals surface area (Å²) in [5.74, 6) is 0.845. The SMILES string of the molecule is [2H]Cc1ccc(OC)cc1. The van der Waals surface area contributed by atoms with Gasteiger partial charge in [-0.05, 0) is 19.0 Å².